The largest absolute Gasteiger partial charge is 0.414 e. The number of hydrogen-bond donors (Lipinski definition) is 0. The Morgan fingerprint density at radius 2 is 2.00 bits per heavy atom. The predicted molar refractivity (Wildman–Crippen MR) is 47.3 cm³/mol. The summed E-state index contributed by atoms with van der Waals surface area (Å²) in [5.74, 6) is 2.59. The molecule has 0 N–H and O–H groups in total. The van der Waals surface area contributed by atoms with Gasteiger partial charge in [0.1, 0.15) is 0 Å². The minimum Gasteiger partial charge on any atom is -0.414 e. The normalized spacial score (nSPS) is 14.3. The highest BCUT2D eigenvalue weighted by Gasteiger charge is 2.16. The van der Waals surface area contributed by atoms with Crippen molar-refractivity contribution in [1.82, 2.24) is 0 Å². The molecule has 0 rings (SSSR count). The second-order valence-corrected chi connectivity index (χ2v) is 7.91. The van der Waals surface area contributed by atoms with Gasteiger partial charge in [0.05, 0.1) is 6.10 Å². The Morgan fingerprint density at radius 1 is 1.50 bits per heavy atom. The molecular formula is C8H16OSi. The van der Waals surface area contributed by atoms with Gasteiger partial charge in [0, 0.05) is 6.42 Å². The zero-order valence-electron chi connectivity index (χ0n) is 7.27. The molecule has 1 atom stereocenters. The standard InChI is InChI=1S/C8H16OSi/c1-6-7-8(2)9-10(3,4)5/h1,8H,7H2,2-5H3. The summed E-state index contributed by atoms with van der Waals surface area (Å²) in [5, 5.41) is 0. The van der Waals surface area contributed by atoms with Crippen LogP contribution >= 0.6 is 0 Å². The van der Waals surface area contributed by atoms with E-state index in [2.05, 4.69) is 25.6 Å². The van der Waals surface area contributed by atoms with Crippen molar-refractivity contribution in [1.29, 1.82) is 0 Å². The number of rotatable bonds is 3. The van der Waals surface area contributed by atoms with Gasteiger partial charge in [-0.1, -0.05) is 0 Å². The van der Waals surface area contributed by atoms with Crippen LogP contribution in [0.3, 0.4) is 0 Å². The molecule has 0 aliphatic rings. The lowest BCUT2D eigenvalue weighted by molar-refractivity contribution is 0.220. The third-order valence-corrected chi connectivity index (χ3v) is 2.07. The molecule has 1 unspecified atom stereocenters. The average Bonchev–Trinajstić information content (AvgIpc) is 1.59. The number of terminal acetylenes is 1. The van der Waals surface area contributed by atoms with Crippen LogP contribution in [0.1, 0.15) is 13.3 Å². The fraction of sp³-hybridized carbons (Fsp3) is 0.750. The van der Waals surface area contributed by atoms with Crippen LogP contribution in [0.15, 0.2) is 0 Å². The van der Waals surface area contributed by atoms with Crippen molar-refractivity contribution in [3.05, 3.63) is 0 Å². The highest BCUT2D eigenvalue weighted by atomic mass is 28.4. The summed E-state index contributed by atoms with van der Waals surface area (Å²) in [7, 11) is -1.35. The molecule has 0 aromatic heterocycles. The Kier molecular flexibility index (Phi) is 3.70. The van der Waals surface area contributed by atoms with Crippen LogP contribution in [0.25, 0.3) is 0 Å². The van der Waals surface area contributed by atoms with Gasteiger partial charge in [-0.2, -0.15) is 0 Å². The molecular weight excluding hydrogens is 140 g/mol. The molecule has 0 radical (unpaired) electrons. The van der Waals surface area contributed by atoms with Gasteiger partial charge in [-0.3, -0.25) is 0 Å². The maximum Gasteiger partial charge on any atom is 0.184 e. The zero-order chi connectivity index (χ0) is 8.20. The molecule has 0 fully saturated rings. The minimum atomic E-state index is -1.35. The lowest BCUT2D eigenvalue weighted by Gasteiger charge is -2.21. The van der Waals surface area contributed by atoms with Crippen LogP contribution < -0.4 is 0 Å². The Balaban J connectivity index is 3.60. The van der Waals surface area contributed by atoms with Gasteiger partial charge in [0.25, 0.3) is 0 Å². The van der Waals surface area contributed by atoms with E-state index < -0.39 is 8.32 Å². The first-order valence-electron chi connectivity index (χ1n) is 3.57. The maximum atomic E-state index is 5.67. The third-order valence-electron chi connectivity index (χ3n) is 0.960. The van der Waals surface area contributed by atoms with Gasteiger partial charge in [-0.15, -0.1) is 12.3 Å². The van der Waals surface area contributed by atoms with Crippen LogP contribution in [-0.4, -0.2) is 14.4 Å². The van der Waals surface area contributed by atoms with Gasteiger partial charge in [-0.05, 0) is 26.6 Å². The predicted octanol–water partition coefficient (Wildman–Crippen LogP) is 2.25. The van der Waals surface area contributed by atoms with E-state index in [0.717, 1.165) is 6.42 Å². The molecule has 0 saturated heterocycles. The molecule has 0 aliphatic carbocycles. The van der Waals surface area contributed by atoms with Crippen molar-refractivity contribution < 1.29 is 4.43 Å². The van der Waals surface area contributed by atoms with E-state index in [1.54, 1.807) is 0 Å². The maximum absolute atomic E-state index is 5.67. The van der Waals surface area contributed by atoms with Gasteiger partial charge in [0.15, 0.2) is 8.32 Å². The molecule has 0 amide bonds. The van der Waals surface area contributed by atoms with Crippen molar-refractivity contribution >= 4 is 8.32 Å². The molecule has 0 saturated carbocycles. The smallest absolute Gasteiger partial charge is 0.184 e. The van der Waals surface area contributed by atoms with Crippen LogP contribution in [-0.2, 0) is 4.43 Å². The van der Waals surface area contributed by atoms with Gasteiger partial charge in [0.2, 0.25) is 0 Å². The van der Waals surface area contributed by atoms with Gasteiger partial charge >= 0.3 is 0 Å². The van der Waals surface area contributed by atoms with Crippen molar-refractivity contribution in [3.8, 4) is 12.3 Å². The summed E-state index contributed by atoms with van der Waals surface area (Å²) in [5.41, 5.74) is 0. The fourth-order valence-corrected chi connectivity index (χ4v) is 2.10. The van der Waals surface area contributed by atoms with Crippen molar-refractivity contribution in [2.75, 3.05) is 0 Å². The molecule has 0 aliphatic heterocycles. The SMILES string of the molecule is C#CCC(C)O[Si](C)(C)C. The molecule has 0 aromatic carbocycles. The van der Waals surface area contributed by atoms with E-state index in [-0.39, 0.29) is 6.10 Å². The summed E-state index contributed by atoms with van der Waals surface area (Å²) in [6.45, 7) is 8.53. The topological polar surface area (TPSA) is 9.23 Å². The summed E-state index contributed by atoms with van der Waals surface area (Å²) >= 11 is 0. The lowest BCUT2D eigenvalue weighted by Crippen LogP contribution is -2.30. The Labute approximate surface area is 64.9 Å². The first-order valence-corrected chi connectivity index (χ1v) is 6.98. The zero-order valence-corrected chi connectivity index (χ0v) is 8.27. The second kappa shape index (κ2) is 3.80. The van der Waals surface area contributed by atoms with E-state index >= 15 is 0 Å². The molecule has 1 nitrogen and oxygen atoms in total. The van der Waals surface area contributed by atoms with Crippen molar-refractivity contribution in [2.24, 2.45) is 0 Å². The van der Waals surface area contributed by atoms with Gasteiger partial charge < -0.3 is 4.43 Å². The fourth-order valence-electron chi connectivity index (χ4n) is 0.811. The molecule has 2 heteroatoms. The molecule has 0 heterocycles. The first-order chi connectivity index (χ1) is 4.45. The van der Waals surface area contributed by atoms with Crippen LogP contribution in [0.2, 0.25) is 19.6 Å². The van der Waals surface area contributed by atoms with Crippen LogP contribution in [0.5, 0.6) is 0 Å². The average molecular weight is 156 g/mol. The Bertz CT molecular complexity index is 129. The van der Waals surface area contributed by atoms with E-state index in [9.17, 15) is 0 Å². The second-order valence-electron chi connectivity index (χ2n) is 3.45. The van der Waals surface area contributed by atoms with E-state index in [1.165, 1.54) is 0 Å². The van der Waals surface area contributed by atoms with Crippen LogP contribution in [0, 0.1) is 12.3 Å². The lowest BCUT2D eigenvalue weighted by atomic mass is 10.3. The first kappa shape index (κ1) is 9.74. The quantitative estimate of drug-likeness (QED) is 0.450. The molecule has 10 heavy (non-hydrogen) atoms. The highest BCUT2D eigenvalue weighted by Crippen LogP contribution is 2.08. The third kappa shape index (κ3) is 5.87. The van der Waals surface area contributed by atoms with Gasteiger partial charge in [-0.25, -0.2) is 0 Å². The summed E-state index contributed by atoms with van der Waals surface area (Å²) in [6, 6.07) is 0. The van der Waals surface area contributed by atoms with Crippen molar-refractivity contribution in [3.63, 3.8) is 0 Å². The monoisotopic (exact) mass is 156 g/mol. The Hall–Kier alpha value is -0.263. The van der Waals surface area contributed by atoms with E-state index in [4.69, 9.17) is 10.8 Å². The Morgan fingerprint density at radius 3 is 2.30 bits per heavy atom. The summed E-state index contributed by atoms with van der Waals surface area (Å²) < 4.78 is 5.67. The molecule has 0 bridgehead atoms. The van der Waals surface area contributed by atoms with Crippen molar-refractivity contribution in [2.45, 2.75) is 39.1 Å². The summed E-state index contributed by atoms with van der Waals surface area (Å²) in [6.07, 6.45) is 6.09. The molecule has 0 spiro atoms. The van der Waals surface area contributed by atoms with E-state index in [0.29, 0.717) is 0 Å². The van der Waals surface area contributed by atoms with Crippen LogP contribution in [0.4, 0.5) is 0 Å². The molecule has 58 valence electrons. The molecule has 0 aromatic rings. The minimum absolute atomic E-state index is 0.233. The highest BCUT2D eigenvalue weighted by molar-refractivity contribution is 6.69. The number of hydrogen-bond acceptors (Lipinski definition) is 1. The summed E-state index contributed by atoms with van der Waals surface area (Å²) in [4.78, 5) is 0. The van der Waals surface area contributed by atoms with E-state index in [1.807, 2.05) is 6.92 Å².